The fourth-order valence-electron chi connectivity index (χ4n) is 5.01. The van der Waals surface area contributed by atoms with E-state index >= 15 is 0 Å². The maximum absolute atomic E-state index is 14.1. The first-order valence-electron chi connectivity index (χ1n) is 11.9. The van der Waals surface area contributed by atoms with Gasteiger partial charge in [-0.15, -0.1) is 0 Å². The number of hydrogen-bond acceptors (Lipinski definition) is 5. The first-order valence-corrected chi connectivity index (χ1v) is 11.9. The third kappa shape index (κ3) is 5.42. The van der Waals surface area contributed by atoms with Crippen LogP contribution in [-0.2, 0) is 5.60 Å². The highest BCUT2D eigenvalue weighted by molar-refractivity contribution is 5.94. The Bertz CT molecular complexity index is 1040. The predicted octanol–water partition coefficient (Wildman–Crippen LogP) is 3.49. The molecule has 1 saturated heterocycles. The van der Waals surface area contributed by atoms with Gasteiger partial charge in [0.15, 0.2) is 11.6 Å². The Balaban J connectivity index is 1.18. The summed E-state index contributed by atoms with van der Waals surface area (Å²) < 4.78 is 19.1. The average molecular weight is 468 g/mol. The van der Waals surface area contributed by atoms with E-state index in [1.807, 2.05) is 25.1 Å². The molecular formula is C27H34FN3O3. The third-order valence-corrected chi connectivity index (χ3v) is 7.05. The fourth-order valence-corrected chi connectivity index (χ4v) is 5.01. The minimum Gasteiger partial charge on any atom is -0.494 e. The van der Waals surface area contributed by atoms with Crippen LogP contribution in [0, 0.1) is 12.7 Å². The summed E-state index contributed by atoms with van der Waals surface area (Å²) in [5.41, 5.74) is 2.13. The second-order valence-corrected chi connectivity index (χ2v) is 9.56. The highest BCUT2D eigenvalue weighted by atomic mass is 19.1. The van der Waals surface area contributed by atoms with Crippen molar-refractivity contribution in [2.24, 2.45) is 0 Å². The van der Waals surface area contributed by atoms with Crippen LogP contribution in [0.4, 0.5) is 4.39 Å². The van der Waals surface area contributed by atoms with Crippen LogP contribution < -0.4 is 15.4 Å². The summed E-state index contributed by atoms with van der Waals surface area (Å²) in [4.78, 5) is 14.7. The Morgan fingerprint density at radius 1 is 1.24 bits per heavy atom. The van der Waals surface area contributed by atoms with Crippen molar-refractivity contribution in [1.29, 1.82) is 0 Å². The number of amides is 1. The van der Waals surface area contributed by atoms with Gasteiger partial charge in [-0.2, -0.15) is 0 Å². The molecule has 7 heteroatoms. The number of likely N-dealkylation sites (tertiary alicyclic amines) is 1. The number of carbonyl (C=O) groups is 1. The van der Waals surface area contributed by atoms with Crippen molar-refractivity contribution in [3.05, 3.63) is 77.2 Å². The van der Waals surface area contributed by atoms with Gasteiger partial charge in [0.05, 0.1) is 25.3 Å². The Labute approximate surface area is 200 Å². The van der Waals surface area contributed by atoms with Crippen LogP contribution in [0.1, 0.15) is 47.2 Å². The molecule has 0 spiro atoms. The van der Waals surface area contributed by atoms with Crippen LogP contribution in [0.15, 0.2) is 54.7 Å². The number of methoxy groups -OCH3 is 1. The van der Waals surface area contributed by atoms with E-state index in [0.717, 1.165) is 37.2 Å². The molecule has 2 aromatic rings. The molecular weight excluding hydrogens is 433 g/mol. The lowest BCUT2D eigenvalue weighted by Crippen LogP contribution is -2.62. The van der Waals surface area contributed by atoms with E-state index < -0.39 is 11.4 Å². The highest BCUT2D eigenvalue weighted by Gasteiger charge is 2.40. The van der Waals surface area contributed by atoms with Gasteiger partial charge in [-0.1, -0.05) is 30.3 Å². The number of carbonyl (C=O) groups excluding carboxylic acids is 1. The molecule has 0 aromatic heterocycles. The van der Waals surface area contributed by atoms with Crippen LogP contribution in [0.2, 0.25) is 0 Å². The lowest BCUT2D eigenvalue weighted by Gasteiger charge is -2.48. The zero-order valence-corrected chi connectivity index (χ0v) is 19.9. The van der Waals surface area contributed by atoms with Crippen molar-refractivity contribution in [2.75, 3.05) is 26.7 Å². The Morgan fingerprint density at radius 3 is 2.62 bits per heavy atom. The molecule has 0 unspecified atom stereocenters. The molecule has 1 heterocycles. The van der Waals surface area contributed by atoms with Crippen molar-refractivity contribution in [3.63, 3.8) is 0 Å². The van der Waals surface area contributed by atoms with Crippen molar-refractivity contribution >= 4 is 5.91 Å². The first kappa shape index (κ1) is 24.2. The second-order valence-electron chi connectivity index (χ2n) is 9.56. The van der Waals surface area contributed by atoms with Crippen LogP contribution in [0.25, 0.3) is 0 Å². The number of aryl methyl sites for hydroxylation is 1. The van der Waals surface area contributed by atoms with E-state index in [2.05, 4.69) is 22.1 Å². The number of ether oxygens (including phenoxy) is 1. The zero-order chi connectivity index (χ0) is 24.3. The predicted molar refractivity (Wildman–Crippen MR) is 130 cm³/mol. The first-order chi connectivity index (χ1) is 16.3. The summed E-state index contributed by atoms with van der Waals surface area (Å²) in [5, 5.41) is 17.4. The molecule has 182 valence electrons. The lowest BCUT2D eigenvalue weighted by atomic mass is 9.76. The van der Waals surface area contributed by atoms with Crippen molar-refractivity contribution in [3.8, 4) is 5.75 Å². The topological polar surface area (TPSA) is 73.8 Å². The molecule has 0 bridgehead atoms. The molecule has 0 atom stereocenters. The summed E-state index contributed by atoms with van der Waals surface area (Å²) >= 11 is 0. The van der Waals surface area contributed by atoms with Crippen LogP contribution >= 0.6 is 0 Å². The van der Waals surface area contributed by atoms with Gasteiger partial charge in [-0.25, -0.2) is 4.39 Å². The minimum atomic E-state index is -0.990. The maximum Gasteiger partial charge on any atom is 0.251 e. The SMILES string of the molecule is C=C(CNC(=O)c1cccc(C)c1)NC1CN(C2CCC(O)(c3ccc(OC)c(F)c3)CC2)C1. The van der Waals surface area contributed by atoms with Gasteiger partial charge in [0.2, 0.25) is 0 Å². The molecule has 2 aromatic carbocycles. The molecule has 1 saturated carbocycles. The van der Waals surface area contributed by atoms with Gasteiger partial charge in [0, 0.05) is 30.4 Å². The maximum atomic E-state index is 14.1. The monoisotopic (exact) mass is 467 g/mol. The van der Waals surface area contributed by atoms with Gasteiger partial charge in [-0.3, -0.25) is 9.69 Å². The summed E-state index contributed by atoms with van der Waals surface area (Å²) in [6.07, 6.45) is 2.94. The number of rotatable bonds is 8. The van der Waals surface area contributed by atoms with E-state index in [0.29, 0.717) is 42.6 Å². The average Bonchev–Trinajstić information content (AvgIpc) is 2.80. The molecule has 2 fully saturated rings. The lowest BCUT2D eigenvalue weighted by molar-refractivity contribution is -0.0398. The van der Waals surface area contributed by atoms with Crippen LogP contribution in [-0.4, -0.2) is 54.7 Å². The smallest absolute Gasteiger partial charge is 0.251 e. The zero-order valence-electron chi connectivity index (χ0n) is 19.9. The van der Waals surface area contributed by atoms with E-state index in [4.69, 9.17) is 4.74 Å². The fraction of sp³-hybridized carbons (Fsp3) is 0.444. The molecule has 4 rings (SSSR count). The Kier molecular flexibility index (Phi) is 7.24. The van der Waals surface area contributed by atoms with Gasteiger partial charge >= 0.3 is 0 Å². The molecule has 3 N–H and O–H groups in total. The number of nitrogens with zero attached hydrogens (tertiary/aromatic N) is 1. The minimum absolute atomic E-state index is 0.103. The Morgan fingerprint density at radius 2 is 1.97 bits per heavy atom. The summed E-state index contributed by atoms with van der Waals surface area (Å²) in [5.74, 6) is -0.354. The summed E-state index contributed by atoms with van der Waals surface area (Å²) in [7, 11) is 1.43. The van der Waals surface area contributed by atoms with Gasteiger partial charge in [0.25, 0.3) is 5.91 Å². The van der Waals surface area contributed by atoms with Crippen molar-refractivity contribution in [2.45, 2.75) is 50.3 Å². The Hall–Kier alpha value is -2.90. The number of nitrogens with one attached hydrogen (secondary N) is 2. The molecule has 2 aliphatic rings. The molecule has 0 radical (unpaired) electrons. The summed E-state index contributed by atoms with van der Waals surface area (Å²) in [6, 6.07) is 13.0. The third-order valence-electron chi connectivity index (χ3n) is 7.05. The molecule has 1 amide bonds. The van der Waals surface area contributed by atoms with Gasteiger partial charge in [-0.05, 0) is 62.4 Å². The quantitative estimate of drug-likeness (QED) is 0.554. The number of aliphatic hydroxyl groups is 1. The van der Waals surface area contributed by atoms with E-state index in [1.54, 1.807) is 18.2 Å². The molecule has 34 heavy (non-hydrogen) atoms. The van der Waals surface area contributed by atoms with Crippen molar-refractivity contribution in [1.82, 2.24) is 15.5 Å². The van der Waals surface area contributed by atoms with Crippen LogP contribution in [0.3, 0.4) is 0 Å². The van der Waals surface area contributed by atoms with Crippen molar-refractivity contribution < 1.29 is 19.0 Å². The number of halogens is 1. The van der Waals surface area contributed by atoms with Gasteiger partial charge in [0.1, 0.15) is 0 Å². The largest absolute Gasteiger partial charge is 0.494 e. The summed E-state index contributed by atoms with van der Waals surface area (Å²) in [6.45, 7) is 8.22. The normalized spacial score (nSPS) is 23.1. The molecule has 6 nitrogen and oxygen atoms in total. The highest BCUT2D eigenvalue weighted by Crippen LogP contribution is 2.40. The van der Waals surface area contributed by atoms with E-state index in [9.17, 15) is 14.3 Å². The van der Waals surface area contributed by atoms with Gasteiger partial charge < -0.3 is 20.5 Å². The standard InChI is InChI=1S/C27H34FN3O3/c1-18-5-4-6-20(13-18)26(32)29-15-19(2)30-22-16-31(17-22)23-9-11-27(33,12-10-23)21-7-8-25(34-3)24(28)14-21/h4-8,13-14,22-23,30,33H,2,9-12,15-17H2,1,3H3,(H,29,32). The van der Waals surface area contributed by atoms with E-state index in [1.165, 1.54) is 13.2 Å². The number of benzene rings is 2. The van der Waals surface area contributed by atoms with Crippen LogP contribution in [0.5, 0.6) is 5.75 Å². The number of hydrogen-bond donors (Lipinski definition) is 3. The molecule has 1 aliphatic carbocycles. The second kappa shape index (κ2) is 10.2. The van der Waals surface area contributed by atoms with E-state index in [-0.39, 0.29) is 11.7 Å². The molecule has 1 aliphatic heterocycles.